The molecule has 28 heavy (non-hydrogen) atoms. The van der Waals surface area contributed by atoms with Gasteiger partial charge in [-0.05, 0) is 30.7 Å². The van der Waals surface area contributed by atoms with Gasteiger partial charge in [0.15, 0.2) is 0 Å². The minimum Gasteiger partial charge on any atom is -0.466 e. The molecule has 1 aliphatic heterocycles. The Morgan fingerprint density at radius 2 is 1.96 bits per heavy atom. The van der Waals surface area contributed by atoms with Crippen LogP contribution >= 0.6 is 0 Å². The van der Waals surface area contributed by atoms with Gasteiger partial charge in [-0.2, -0.15) is 0 Å². The van der Waals surface area contributed by atoms with E-state index in [1.165, 1.54) is 4.90 Å². The molecule has 1 fully saturated rings. The zero-order chi connectivity index (χ0) is 20.5. The van der Waals surface area contributed by atoms with Crippen molar-refractivity contribution in [3.63, 3.8) is 0 Å². The van der Waals surface area contributed by atoms with Crippen molar-refractivity contribution < 1.29 is 23.9 Å². The normalized spacial score (nSPS) is 16.1. The van der Waals surface area contributed by atoms with E-state index in [2.05, 4.69) is 16.0 Å². The summed E-state index contributed by atoms with van der Waals surface area (Å²) in [6.07, 6.45) is 0.520. The van der Waals surface area contributed by atoms with Crippen LogP contribution in [0.15, 0.2) is 24.3 Å². The molecule has 1 aromatic rings. The third-order valence-corrected chi connectivity index (χ3v) is 4.30. The molecule has 152 valence electrons. The monoisotopic (exact) mass is 390 g/mol. The molecule has 1 atom stereocenters. The van der Waals surface area contributed by atoms with Crippen LogP contribution in [0.1, 0.15) is 30.1 Å². The second-order valence-corrected chi connectivity index (χ2v) is 6.33. The number of nitrogens with zero attached hydrogens (tertiary/aromatic N) is 1. The van der Waals surface area contributed by atoms with E-state index in [1.54, 1.807) is 31.3 Å². The standard InChI is InChI=1S/C19H26N4O5/c1-3-10-28-17(25)11-15-19(27)21-8-9-23(15)16(24)12-22-14-6-4-13(5-7-14)18(26)20-2/h4-7,15,22H,3,8-12H2,1-2H3,(H,20,26)(H,21,27). The van der Waals surface area contributed by atoms with Gasteiger partial charge in [0, 0.05) is 31.4 Å². The van der Waals surface area contributed by atoms with Crippen molar-refractivity contribution in [2.75, 3.05) is 38.6 Å². The molecule has 0 saturated carbocycles. The first-order valence-electron chi connectivity index (χ1n) is 9.25. The van der Waals surface area contributed by atoms with Gasteiger partial charge in [-0.1, -0.05) is 6.92 Å². The zero-order valence-electron chi connectivity index (χ0n) is 16.1. The average Bonchev–Trinajstić information content (AvgIpc) is 2.71. The Kier molecular flexibility index (Phi) is 7.79. The topological polar surface area (TPSA) is 117 Å². The van der Waals surface area contributed by atoms with Crippen molar-refractivity contribution >= 4 is 29.4 Å². The summed E-state index contributed by atoms with van der Waals surface area (Å²) in [5, 5.41) is 8.19. The molecule has 0 aliphatic carbocycles. The smallest absolute Gasteiger partial charge is 0.308 e. The van der Waals surface area contributed by atoms with Crippen LogP contribution in [0.25, 0.3) is 0 Å². The summed E-state index contributed by atoms with van der Waals surface area (Å²) < 4.78 is 5.03. The van der Waals surface area contributed by atoms with Gasteiger partial charge in [0.1, 0.15) is 6.04 Å². The second kappa shape index (κ2) is 10.3. The molecule has 0 aromatic heterocycles. The number of esters is 1. The number of anilines is 1. The molecule has 3 N–H and O–H groups in total. The van der Waals surface area contributed by atoms with E-state index in [0.717, 1.165) is 0 Å². The summed E-state index contributed by atoms with van der Waals surface area (Å²) in [5.41, 5.74) is 1.18. The molecule has 3 amide bonds. The summed E-state index contributed by atoms with van der Waals surface area (Å²) in [6.45, 7) is 2.80. The molecular formula is C19H26N4O5. The van der Waals surface area contributed by atoms with E-state index in [0.29, 0.717) is 30.8 Å². The zero-order valence-corrected chi connectivity index (χ0v) is 16.1. The van der Waals surface area contributed by atoms with Crippen LogP contribution in [0, 0.1) is 0 Å². The number of ether oxygens (including phenoxy) is 1. The van der Waals surface area contributed by atoms with Gasteiger partial charge < -0.3 is 25.6 Å². The Morgan fingerprint density at radius 3 is 2.61 bits per heavy atom. The molecule has 0 bridgehead atoms. The van der Waals surface area contributed by atoms with Gasteiger partial charge >= 0.3 is 5.97 Å². The second-order valence-electron chi connectivity index (χ2n) is 6.33. The lowest BCUT2D eigenvalue weighted by Gasteiger charge is -2.34. The molecule has 1 heterocycles. The number of carbonyl (C=O) groups excluding carboxylic acids is 4. The fraction of sp³-hybridized carbons (Fsp3) is 0.474. The molecule has 9 nitrogen and oxygen atoms in total. The summed E-state index contributed by atoms with van der Waals surface area (Å²) in [4.78, 5) is 49.6. The highest BCUT2D eigenvalue weighted by molar-refractivity contribution is 5.95. The molecule has 2 rings (SSSR count). The fourth-order valence-corrected chi connectivity index (χ4v) is 2.81. The van der Waals surface area contributed by atoms with Gasteiger partial charge in [-0.3, -0.25) is 19.2 Å². The van der Waals surface area contributed by atoms with E-state index >= 15 is 0 Å². The highest BCUT2D eigenvalue weighted by Gasteiger charge is 2.34. The lowest BCUT2D eigenvalue weighted by Crippen LogP contribution is -2.58. The van der Waals surface area contributed by atoms with Crippen LogP contribution in [-0.2, 0) is 19.1 Å². The van der Waals surface area contributed by atoms with Crippen molar-refractivity contribution in [3.8, 4) is 0 Å². The summed E-state index contributed by atoms with van der Waals surface area (Å²) in [6, 6.07) is 5.81. The maximum Gasteiger partial charge on any atom is 0.308 e. The predicted molar refractivity (Wildman–Crippen MR) is 103 cm³/mol. The summed E-state index contributed by atoms with van der Waals surface area (Å²) in [7, 11) is 1.55. The number of piperazine rings is 1. The number of nitrogens with one attached hydrogen (secondary N) is 3. The largest absolute Gasteiger partial charge is 0.466 e. The molecule has 9 heteroatoms. The first-order valence-corrected chi connectivity index (χ1v) is 9.25. The van der Waals surface area contributed by atoms with Crippen molar-refractivity contribution in [3.05, 3.63) is 29.8 Å². The van der Waals surface area contributed by atoms with Gasteiger partial charge in [-0.15, -0.1) is 0 Å². The molecular weight excluding hydrogens is 364 g/mol. The first-order chi connectivity index (χ1) is 13.5. The Morgan fingerprint density at radius 1 is 1.25 bits per heavy atom. The van der Waals surface area contributed by atoms with E-state index in [-0.39, 0.29) is 37.3 Å². The van der Waals surface area contributed by atoms with E-state index in [9.17, 15) is 19.2 Å². The number of rotatable bonds is 8. The molecule has 1 aliphatic rings. The highest BCUT2D eigenvalue weighted by atomic mass is 16.5. The quantitative estimate of drug-likeness (QED) is 0.543. The van der Waals surface area contributed by atoms with Gasteiger partial charge in [0.25, 0.3) is 5.91 Å². The van der Waals surface area contributed by atoms with Crippen LogP contribution in [0.3, 0.4) is 0 Å². The van der Waals surface area contributed by atoms with Crippen molar-refractivity contribution in [2.45, 2.75) is 25.8 Å². The molecule has 0 radical (unpaired) electrons. The number of hydrogen-bond acceptors (Lipinski definition) is 6. The Hall–Kier alpha value is -3.10. The van der Waals surface area contributed by atoms with Gasteiger partial charge in [0.2, 0.25) is 11.8 Å². The first kappa shape index (κ1) is 21.2. The Labute approximate surface area is 163 Å². The van der Waals surface area contributed by atoms with E-state index in [1.807, 2.05) is 6.92 Å². The Balaban J connectivity index is 1.95. The molecule has 0 spiro atoms. The molecule has 1 unspecified atom stereocenters. The van der Waals surface area contributed by atoms with Gasteiger partial charge in [-0.25, -0.2) is 0 Å². The lowest BCUT2D eigenvalue weighted by molar-refractivity contribution is -0.151. The molecule has 1 saturated heterocycles. The third kappa shape index (κ3) is 5.70. The summed E-state index contributed by atoms with van der Waals surface area (Å²) in [5.74, 6) is -1.35. The maximum atomic E-state index is 12.6. The van der Waals surface area contributed by atoms with Crippen molar-refractivity contribution in [1.82, 2.24) is 15.5 Å². The van der Waals surface area contributed by atoms with Crippen LogP contribution in [0.2, 0.25) is 0 Å². The third-order valence-electron chi connectivity index (χ3n) is 4.30. The van der Waals surface area contributed by atoms with Crippen LogP contribution in [0.5, 0.6) is 0 Å². The Bertz CT molecular complexity index is 720. The minimum absolute atomic E-state index is 0.0346. The van der Waals surface area contributed by atoms with Crippen molar-refractivity contribution in [1.29, 1.82) is 0 Å². The minimum atomic E-state index is -0.872. The highest BCUT2D eigenvalue weighted by Crippen LogP contribution is 2.13. The van der Waals surface area contributed by atoms with Crippen LogP contribution in [-0.4, -0.2) is 67.9 Å². The number of carbonyl (C=O) groups is 4. The number of amides is 3. The van der Waals surface area contributed by atoms with Crippen LogP contribution < -0.4 is 16.0 Å². The fourth-order valence-electron chi connectivity index (χ4n) is 2.81. The lowest BCUT2D eigenvalue weighted by atomic mass is 10.1. The van der Waals surface area contributed by atoms with Crippen LogP contribution in [0.4, 0.5) is 5.69 Å². The number of benzene rings is 1. The van der Waals surface area contributed by atoms with Crippen molar-refractivity contribution in [2.24, 2.45) is 0 Å². The van der Waals surface area contributed by atoms with Gasteiger partial charge in [0.05, 0.1) is 19.6 Å². The maximum absolute atomic E-state index is 12.6. The average molecular weight is 390 g/mol. The SMILES string of the molecule is CCCOC(=O)CC1C(=O)NCCN1C(=O)CNc1ccc(C(=O)NC)cc1. The van der Waals surface area contributed by atoms with E-state index in [4.69, 9.17) is 4.74 Å². The summed E-state index contributed by atoms with van der Waals surface area (Å²) >= 11 is 0. The predicted octanol–water partition coefficient (Wildman–Crippen LogP) is 0.128. The number of hydrogen-bond donors (Lipinski definition) is 3. The molecule has 1 aromatic carbocycles. The van der Waals surface area contributed by atoms with E-state index < -0.39 is 12.0 Å².